The minimum Gasteiger partial charge on any atom is -0.491 e. The number of nitrogens with one attached hydrogen (secondary N) is 2. The summed E-state index contributed by atoms with van der Waals surface area (Å²) in [6.45, 7) is 2.13. The zero-order chi connectivity index (χ0) is 21.3. The molecule has 3 N–H and O–H groups in total. The van der Waals surface area contributed by atoms with Crippen molar-refractivity contribution in [2.75, 3.05) is 46.6 Å². The number of nitrogens with zero attached hydrogens (tertiary/aromatic N) is 1. The molecule has 1 atom stereocenters. The van der Waals surface area contributed by atoms with E-state index in [2.05, 4.69) is 15.5 Å². The van der Waals surface area contributed by atoms with E-state index in [4.69, 9.17) is 9.47 Å². The molecule has 29 heavy (non-hydrogen) atoms. The first-order chi connectivity index (χ1) is 14.0. The zero-order valence-electron chi connectivity index (χ0n) is 16.8. The number of benzene rings is 1. The summed E-state index contributed by atoms with van der Waals surface area (Å²) in [5.74, 6) is 0.576. The van der Waals surface area contributed by atoms with E-state index in [9.17, 15) is 20.0 Å². The molecule has 0 saturated heterocycles. The van der Waals surface area contributed by atoms with Gasteiger partial charge >= 0.3 is 0 Å². The molecule has 164 valence electrons. The number of hydrogen-bond donors (Lipinski definition) is 3. The Labute approximate surface area is 170 Å². The van der Waals surface area contributed by atoms with Crippen LogP contribution in [0.2, 0.25) is 0 Å². The summed E-state index contributed by atoms with van der Waals surface area (Å²) in [4.78, 5) is 25.7. The highest BCUT2D eigenvalue weighted by molar-refractivity contribution is 5.75. The van der Waals surface area contributed by atoms with Crippen LogP contribution < -0.4 is 15.4 Å². The van der Waals surface area contributed by atoms with E-state index in [1.54, 1.807) is 7.11 Å². The number of carbonyl (C=O) groups is 1. The van der Waals surface area contributed by atoms with Crippen LogP contribution in [0.4, 0.5) is 0 Å². The van der Waals surface area contributed by atoms with E-state index in [1.165, 1.54) is 0 Å². The highest BCUT2D eigenvalue weighted by Gasteiger charge is 2.06. The number of ether oxygens (including phenoxy) is 2. The van der Waals surface area contributed by atoms with Gasteiger partial charge in [0.05, 0.1) is 13.2 Å². The molecule has 0 aliphatic heterocycles. The Hall–Kier alpha value is -2.43. The van der Waals surface area contributed by atoms with Crippen molar-refractivity contribution in [1.82, 2.24) is 10.6 Å². The van der Waals surface area contributed by atoms with Crippen LogP contribution in [0, 0.1) is 10.1 Å². The van der Waals surface area contributed by atoms with Crippen LogP contribution in [0.25, 0.3) is 0 Å². The number of aliphatic hydroxyl groups excluding tert-OH is 1. The number of carbonyl (C=O) groups excluding carboxylic acids is 1. The summed E-state index contributed by atoms with van der Waals surface area (Å²) < 4.78 is 10.6. The SMILES string of the molecule is COCCc1ccc(OCC(O)CNCCNC(=O)CCCCO[N+](=O)[O-])cc1. The average Bonchev–Trinajstić information content (AvgIpc) is 2.70. The third-order valence-electron chi connectivity index (χ3n) is 3.96. The second kappa shape index (κ2) is 15.5. The molecule has 10 nitrogen and oxygen atoms in total. The third-order valence-corrected chi connectivity index (χ3v) is 3.96. The molecule has 0 aromatic heterocycles. The number of hydrogen-bond acceptors (Lipinski definition) is 8. The molecule has 1 unspecified atom stereocenters. The Morgan fingerprint density at radius 1 is 1.21 bits per heavy atom. The molecule has 0 spiro atoms. The summed E-state index contributed by atoms with van der Waals surface area (Å²) >= 11 is 0. The molecule has 0 fully saturated rings. The summed E-state index contributed by atoms with van der Waals surface area (Å²) in [7, 11) is 1.67. The van der Waals surface area contributed by atoms with Crippen LogP contribution in [0.1, 0.15) is 24.8 Å². The fourth-order valence-corrected chi connectivity index (χ4v) is 2.40. The highest BCUT2D eigenvalue weighted by Crippen LogP contribution is 2.12. The predicted octanol–water partition coefficient (Wildman–Crippen LogP) is 0.700. The summed E-state index contributed by atoms with van der Waals surface area (Å²) in [6.07, 6.45) is 1.45. The van der Waals surface area contributed by atoms with Crippen molar-refractivity contribution in [2.24, 2.45) is 0 Å². The van der Waals surface area contributed by atoms with Crippen molar-refractivity contribution < 1.29 is 29.3 Å². The summed E-state index contributed by atoms with van der Waals surface area (Å²) in [6, 6.07) is 7.67. The number of rotatable bonds is 17. The quantitative estimate of drug-likeness (QED) is 0.193. The summed E-state index contributed by atoms with van der Waals surface area (Å²) in [5, 5.41) is 24.9. The lowest BCUT2D eigenvalue weighted by atomic mass is 10.1. The lowest BCUT2D eigenvalue weighted by Gasteiger charge is -2.14. The van der Waals surface area contributed by atoms with Crippen LogP contribution in [0.3, 0.4) is 0 Å². The van der Waals surface area contributed by atoms with Gasteiger partial charge in [0.15, 0.2) is 0 Å². The van der Waals surface area contributed by atoms with Gasteiger partial charge in [0.1, 0.15) is 18.5 Å². The first-order valence-corrected chi connectivity index (χ1v) is 9.64. The molecule has 1 aromatic carbocycles. The van der Waals surface area contributed by atoms with E-state index in [-0.39, 0.29) is 19.1 Å². The van der Waals surface area contributed by atoms with Crippen molar-refractivity contribution in [1.29, 1.82) is 0 Å². The Bertz CT molecular complexity index is 584. The second-order valence-corrected chi connectivity index (χ2v) is 6.42. The lowest BCUT2D eigenvalue weighted by Crippen LogP contribution is -2.37. The van der Waals surface area contributed by atoms with E-state index in [0.717, 1.165) is 12.0 Å². The molecule has 10 heteroatoms. The second-order valence-electron chi connectivity index (χ2n) is 6.42. The van der Waals surface area contributed by atoms with Gasteiger partial charge in [-0.05, 0) is 37.0 Å². The van der Waals surface area contributed by atoms with Crippen molar-refractivity contribution in [3.63, 3.8) is 0 Å². The fourth-order valence-electron chi connectivity index (χ4n) is 2.40. The molecular formula is C19H31N3O7. The van der Waals surface area contributed by atoms with Gasteiger partial charge in [-0.1, -0.05) is 12.1 Å². The van der Waals surface area contributed by atoms with Crippen molar-refractivity contribution in [3.05, 3.63) is 39.9 Å². The maximum atomic E-state index is 11.6. The number of aliphatic hydroxyl groups is 1. The van der Waals surface area contributed by atoms with Crippen molar-refractivity contribution in [3.8, 4) is 5.75 Å². The Balaban J connectivity index is 2.01. The van der Waals surface area contributed by atoms with Crippen LogP contribution in [0.5, 0.6) is 5.75 Å². The van der Waals surface area contributed by atoms with Gasteiger partial charge in [0.25, 0.3) is 5.09 Å². The number of unbranched alkanes of at least 4 members (excludes halogenated alkanes) is 1. The average molecular weight is 413 g/mol. The van der Waals surface area contributed by atoms with E-state index in [0.29, 0.717) is 51.3 Å². The largest absolute Gasteiger partial charge is 0.491 e. The van der Waals surface area contributed by atoms with E-state index >= 15 is 0 Å². The standard InChI is InChI=1S/C19H31N3O7/c1-27-13-9-16-5-7-18(8-6-16)28-15-17(23)14-20-10-11-21-19(24)4-2-3-12-29-22(25)26/h5-8,17,20,23H,2-4,9-15H2,1H3,(H,21,24). The van der Waals surface area contributed by atoms with Crippen LogP contribution >= 0.6 is 0 Å². The molecule has 1 aromatic rings. The molecule has 0 aliphatic rings. The maximum absolute atomic E-state index is 11.6. The summed E-state index contributed by atoms with van der Waals surface area (Å²) in [5.41, 5.74) is 1.16. The third kappa shape index (κ3) is 13.4. The van der Waals surface area contributed by atoms with Gasteiger partial charge < -0.3 is 30.1 Å². The van der Waals surface area contributed by atoms with Gasteiger partial charge in [0.2, 0.25) is 5.91 Å². The first kappa shape index (κ1) is 24.6. The van der Waals surface area contributed by atoms with Gasteiger partial charge in [-0.15, -0.1) is 10.1 Å². The Morgan fingerprint density at radius 3 is 2.66 bits per heavy atom. The van der Waals surface area contributed by atoms with Crippen molar-refractivity contribution >= 4 is 5.91 Å². The Morgan fingerprint density at radius 2 is 1.97 bits per heavy atom. The van der Waals surface area contributed by atoms with E-state index < -0.39 is 11.2 Å². The van der Waals surface area contributed by atoms with Crippen LogP contribution in [-0.2, 0) is 20.8 Å². The van der Waals surface area contributed by atoms with Gasteiger partial charge in [0, 0.05) is 33.2 Å². The van der Waals surface area contributed by atoms with Crippen molar-refractivity contribution in [2.45, 2.75) is 31.8 Å². The number of methoxy groups -OCH3 is 1. The molecule has 0 radical (unpaired) electrons. The topological polar surface area (TPSA) is 132 Å². The van der Waals surface area contributed by atoms with Crippen LogP contribution in [0.15, 0.2) is 24.3 Å². The lowest BCUT2D eigenvalue weighted by molar-refractivity contribution is -0.757. The molecule has 1 amide bonds. The molecular weight excluding hydrogens is 382 g/mol. The molecule has 1 rings (SSSR count). The highest BCUT2D eigenvalue weighted by atomic mass is 16.9. The molecule has 0 heterocycles. The number of amides is 1. The minimum atomic E-state index is -0.842. The zero-order valence-corrected chi connectivity index (χ0v) is 16.8. The van der Waals surface area contributed by atoms with E-state index in [1.807, 2.05) is 24.3 Å². The molecule has 0 aliphatic carbocycles. The minimum absolute atomic E-state index is 0.000242. The molecule has 0 saturated carbocycles. The molecule has 0 bridgehead atoms. The van der Waals surface area contributed by atoms with Gasteiger partial charge in [-0.2, -0.15) is 0 Å². The van der Waals surface area contributed by atoms with Crippen LogP contribution in [-0.4, -0.2) is 68.8 Å². The fraction of sp³-hybridized carbons (Fsp3) is 0.632. The van der Waals surface area contributed by atoms with Gasteiger partial charge in [-0.3, -0.25) is 4.79 Å². The smallest absolute Gasteiger partial charge is 0.294 e. The Kier molecular flexibility index (Phi) is 13.1. The normalized spacial score (nSPS) is 11.7. The van der Waals surface area contributed by atoms with Gasteiger partial charge in [-0.25, -0.2) is 0 Å². The monoisotopic (exact) mass is 413 g/mol. The predicted molar refractivity (Wildman–Crippen MR) is 106 cm³/mol. The first-order valence-electron chi connectivity index (χ1n) is 9.64. The maximum Gasteiger partial charge on any atom is 0.294 e.